The first-order valence-corrected chi connectivity index (χ1v) is 9.66. The van der Waals surface area contributed by atoms with Crippen LogP contribution in [0, 0.1) is 0 Å². The highest BCUT2D eigenvalue weighted by Gasteiger charge is 2.39. The third-order valence-electron chi connectivity index (χ3n) is 3.15. The predicted octanol–water partition coefficient (Wildman–Crippen LogP) is -0.262. The lowest BCUT2D eigenvalue weighted by molar-refractivity contribution is -0.138. The van der Waals surface area contributed by atoms with Gasteiger partial charge in [0.2, 0.25) is 10.0 Å². The average molecular weight is 313 g/mol. The molecule has 1 aliphatic rings. The van der Waals surface area contributed by atoms with Crippen LogP contribution in [0.1, 0.15) is 32.1 Å². The molecule has 7 nitrogen and oxygen atoms in total. The quantitative estimate of drug-likeness (QED) is 0.668. The monoisotopic (exact) mass is 313 g/mol. The van der Waals surface area contributed by atoms with Gasteiger partial charge in [0.1, 0.15) is 9.84 Å². The Hall–Kier alpha value is -0.670. The normalized spacial score (nSPS) is 19.4. The summed E-state index contributed by atoms with van der Waals surface area (Å²) < 4.78 is 48.1. The molecule has 0 aromatic carbocycles. The maximum absolute atomic E-state index is 11.9. The molecule has 112 valence electrons. The number of carbonyl (C=O) groups is 1. The van der Waals surface area contributed by atoms with Crippen molar-refractivity contribution in [1.29, 1.82) is 0 Å². The van der Waals surface area contributed by atoms with Crippen LogP contribution in [0.3, 0.4) is 0 Å². The van der Waals surface area contributed by atoms with Crippen LogP contribution in [-0.2, 0) is 24.7 Å². The van der Waals surface area contributed by atoms with E-state index in [4.69, 9.17) is 5.11 Å². The summed E-state index contributed by atoms with van der Waals surface area (Å²) in [6, 6.07) is 0. The molecule has 0 aliphatic heterocycles. The van der Waals surface area contributed by atoms with Crippen LogP contribution in [0.15, 0.2) is 0 Å². The van der Waals surface area contributed by atoms with Gasteiger partial charge < -0.3 is 5.11 Å². The Bertz CT molecular complexity index is 530. The fourth-order valence-corrected chi connectivity index (χ4v) is 5.42. The van der Waals surface area contributed by atoms with Gasteiger partial charge in [-0.05, 0) is 12.8 Å². The number of hydrogen-bond acceptors (Lipinski definition) is 5. The number of sulfone groups is 1. The number of carboxylic acids is 1. The first kappa shape index (κ1) is 16.4. The zero-order valence-electron chi connectivity index (χ0n) is 10.8. The first-order chi connectivity index (χ1) is 8.54. The molecule has 1 aliphatic carbocycles. The van der Waals surface area contributed by atoms with Gasteiger partial charge in [0.25, 0.3) is 0 Å². The van der Waals surface area contributed by atoms with E-state index in [1.165, 1.54) is 0 Å². The fraction of sp³-hybridized carbons (Fsp3) is 0.900. The molecule has 0 atom stereocenters. The van der Waals surface area contributed by atoms with Crippen LogP contribution in [0.25, 0.3) is 0 Å². The number of carboxylic acid groups (broad SMARTS) is 1. The number of nitrogens with one attached hydrogen (secondary N) is 1. The van der Waals surface area contributed by atoms with Gasteiger partial charge >= 0.3 is 5.97 Å². The standard InChI is InChI=1S/C10H19NO6S2/c1-18(14,15)6-7-19(16,17)11-10(8-9(12)13)4-2-3-5-10/h11H,2-8H2,1H3,(H,12,13). The summed E-state index contributed by atoms with van der Waals surface area (Å²) in [7, 11) is -7.16. The molecule has 19 heavy (non-hydrogen) atoms. The van der Waals surface area contributed by atoms with E-state index in [0.717, 1.165) is 19.1 Å². The summed E-state index contributed by atoms with van der Waals surface area (Å²) in [5.41, 5.74) is -0.956. The van der Waals surface area contributed by atoms with Crippen molar-refractivity contribution in [2.45, 2.75) is 37.6 Å². The van der Waals surface area contributed by atoms with E-state index in [1.807, 2.05) is 0 Å². The third-order valence-corrected chi connectivity index (χ3v) is 5.83. The lowest BCUT2D eigenvalue weighted by Gasteiger charge is -2.28. The van der Waals surface area contributed by atoms with Crippen molar-refractivity contribution < 1.29 is 26.7 Å². The Kier molecular flexibility index (Phi) is 4.97. The molecule has 0 aromatic heterocycles. The summed E-state index contributed by atoms with van der Waals surface area (Å²) in [5.74, 6) is -2.06. The van der Waals surface area contributed by atoms with Crippen LogP contribution in [-0.4, -0.2) is 51.2 Å². The molecule has 1 saturated carbocycles. The van der Waals surface area contributed by atoms with E-state index in [2.05, 4.69) is 4.72 Å². The van der Waals surface area contributed by atoms with Crippen molar-refractivity contribution in [2.75, 3.05) is 17.8 Å². The van der Waals surface area contributed by atoms with Crippen molar-refractivity contribution in [3.05, 3.63) is 0 Å². The van der Waals surface area contributed by atoms with Crippen LogP contribution in [0.2, 0.25) is 0 Å². The van der Waals surface area contributed by atoms with Gasteiger partial charge in [0.15, 0.2) is 0 Å². The average Bonchev–Trinajstić information content (AvgIpc) is 2.60. The Morgan fingerprint density at radius 1 is 1.16 bits per heavy atom. The van der Waals surface area contributed by atoms with Crippen LogP contribution >= 0.6 is 0 Å². The van der Waals surface area contributed by atoms with Crippen LogP contribution in [0.5, 0.6) is 0 Å². The van der Waals surface area contributed by atoms with Crippen LogP contribution in [0.4, 0.5) is 0 Å². The van der Waals surface area contributed by atoms with Crippen molar-refractivity contribution in [2.24, 2.45) is 0 Å². The molecule has 0 saturated heterocycles. The highest BCUT2D eigenvalue weighted by Crippen LogP contribution is 2.33. The summed E-state index contributed by atoms with van der Waals surface area (Å²) in [5, 5.41) is 8.86. The zero-order chi connectivity index (χ0) is 14.7. The maximum Gasteiger partial charge on any atom is 0.305 e. The molecule has 0 spiro atoms. The molecule has 0 amide bonds. The number of aliphatic carboxylic acids is 1. The molecule has 1 fully saturated rings. The topological polar surface area (TPSA) is 118 Å². The number of sulfonamides is 1. The SMILES string of the molecule is CS(=O)(=O)CCS(=O)(=O)NC1(CC(=O)O)CCCC1. The van der Waals surface area contributed by atoms with Gasteiger partial charge in [-0.15, -0.1) is 0 Å². The van der Waals surface area contributed by atoms with Gasteiger partial charge in [-0.25, -0.2) is 21.6 Å². The molecule has 0 bridgehead atoms. The van der Waals surface area contributed by atoms with Crippen molar-refractivity contribution in [3.63, 3.8) is 0 Å². The van der Waals surface area contributed by atoms with Gasteiger partial charge in [-0.1, -0.05) is 12.8 Å². The zero-order valence-corrected chi connectivity index (χ0v) is 12.4. The summed E-state index contributed by atoms with van der Waals surface area (Å²) in [6.45, 7) is 0. The highest BCUT2D eigenvalue weighted by molar-refractivity contribution is 7.93. The van der Waals surface area contributed by atoms with E-state index in [9.17, 15) is 21.6 Å². The van der Waals surface area contributed by atoms with Crippen LogP contribution < -0.4 is 4.72 Å². The Morgan fingerprint density at radius 3 is 2.11 bits per heavy atom. The first-order valence-electron chi connectivity index (χ1n) is 5.95. The molecule has 1 rings (SSSR count). The van der Waals surface area contributed by atoms with E-state index in [0.29, 0.717) is 12.8 Å². The minimum atomic E-state index is -3.79. The third kappa shape index (κ3) is 5.87. The molecule has 0 heterocycles. The molecular formula is C10H19NO6S2. The molecule has 0 radical (unpaired) electrons. The summed E-state index contributed by atoms with van der Waals surface area (Å²) in [4.78, 5) is 10.8. The van der Waals surface area contributed by atoms with Gasteiger partial charge in [-0.2, -0.15) is 0 Å². The Labute approximate surface area is 113 Å². The van der Waals surface area contributed by atoms with Gasteiger partial charge in [0.05, 0.1) is 17.9 Å². The number of rotatable bonds is 7. The van der Waals surface area contributed by atoms with Gasteiger partial charge in [0, 0.05) is 11.8 Å². The van der Waals surface area contributed by atoms with Crippen molar-refractivity contribution in [1.82, 2.24) is 4.72 Å². The lowest BCUT2D eigenvalue weighted by Crippen LogP contribution is -2.49. The van der Waals surface area contributed by atoms with E-state index >= 15 is 0 Å². The van der Waals surface area contributed by atoms with E-state index in [-0.39, 0.29) is 6.42 Å². The second-order valence-electron chi connectivity index (χ2n) is 5.11. The summed E-state index contributed by atoms with van der Waals surface area (Å²) in [6.07, 6.45) is 3.16. The molecule has 9 heteroatoms. The minimum absolute atomic E-state index is 0.273. The van der Waals surface area contributed by atoms with Crippen molar-refractivity contribution >= 4 is 25.8 Å². The highest BCUT2D eigenvalue weighted by atomic mass is 32.2. The predicted molar refractivity (Wildman–Crippen MR) is 70.1 cm³/mol. The minimum Gasteiger partial charge on any atom is -0.481 e. The second kappa shape index (κ2) is 5.76. The molecule has 2 N–H and O–H groups in total. The lowest BCUT2D eigenvalue weighted by atomic mass is 9.95. The molecule has 0 unspecified atom stereocenters. The van der Waals surface area contributed by atoms with E-state index in [1.54, 1.807) is 0 Å². The molecular weight excluding hydrogens is 294 g/mol. The van der Waals surface area contributed by atoms with E-state index < -0.39 is 42.9 Å². The van der Waals surface area contributed by atoms with Crippen molar-refractivity contribution in [3.8, 4) is 0 Å². The van der Waals surface area contributed by atoms with Gasteiger partial charge in [-0.3, -0.25) is 4.79 Å². The smallest absolute Gasteiger partial charge is 0.305 e. The Balaban J connectivity index is 2.76. The second-order valence-corrected chi connectivity index (χ2v) is 9.21. The fourth-order valence-electron chi connectivity index (χ4n) is 2.30. The number of hydrogen-bond donors (Lipinski definition) is 2. The molecule has 0 aromatic rings. The summed E-state index contributed by atoms with van der Waals surface area (Å²) >= 11 is 0. The Morgan fingerprint density at radius 2 is 1.68 bits per heavy atom. The largest absolute Gasteiger partial charge is 0.481 e. The maximum atomic E-state index is 11.9.